The third-order valence-corrected chi connectivity index (χ3v) is 4.64. The number of carbonyl (C=O) groups excluding carboxylic acids is 1. The Morgan fingerprint density at radius 1 is 1.16 bits per heavy atom. The first-order valence-electron chi connectivity index (χ1n) is 8.15. The zero-order valence-corrected chi connectivity index (χ0v) is 17.0. The average molecular weight is 448 g/mol. The number of benzene rings is 1. The molecule has 1 aromatic carbocycles. The van der Waals surface area contributed by atoms with Crippen LogP contribution in [0, 0.1) is 3.70 Å². The smallest absolute Gasteiger partial charge is 0.217 e. The highest BCUT2D eigenvalue weighted by atomic mass is 127. The summed E-state index contributed by atoms with van der Waals surface area (Å²) in [6.45, 7) is 8.49. The van der Waals surface area contributed by atoms with Gasteiger partial charge in [-0.2, -0.15) is 5.10 Å². The third kappa shape index (κ3) is 3.84. The van der Waals surface area contributed by atoms with Gasteiger partial charge in [0.15, 0.2) is 5.65 Å². The molecule has 0 saturated carbocycles. The second kappa shape index (κ2) is 6.74. The summed E-state index contributed by atoms with van der Waals surface area (Å²) in [5.74, 6) is -0.0744. The first-order chi connectivity index (χ1) is 11.8. The van der Waals surface area contributed by atoms with Gasteiger partial charge in [0.1, 0.15) is 3.70 Å². The molecule has 1 N–H and O–H groups in total. The number of amides is 1. The van der Waals surface area contributed by atoms with Crippen LogP contribution in [0.5, 0.6) is 0 Å². The second-order valence-corrected chi connectivity index (χ2v) is 8.18. The molecule has 3 rings (SSSR count). The molecule has 6 heteroatoms. The lowest BCUT2D eigenvalue weighted by atomic mass is 9.86. The van der Waals surface area contributed by atoms with Crippen LogP contribution < -0.4 is 5.32 Å². The van der Waals surface area contributed by atoms with Crippen molar-refractivity contribution in [2.45, 2.75) is 39.7 Å². The van der Waals surface area contributed by atoms with Gasteiger partial charge in [0.2, 0.25) is 5.91 Å². The second-order valence-electron chi connectivity index (χ2n) is 7.07. The quantitative estimate of drug-likeness (QED) is 0.618. The molecule has 25 heavy (non-hydrogen) atoms. The highest BCUT2D eigenvalue weighted by Gasteiger charge is 2.17. The van der Waals surface area contributed by atoms with E-state index in [1.807, 2.05) is 16.6 Å². The van der Waals surface area contributed by atoms with E-state index in [0.29, 0.717) is 6.54 Å². The van der Waals surface area contributed by atoms with E-state index in [2.05, 4.69) is 78.0 Å². The molecule has 130 valence electrons. The molecule has 0 aliphatic heterocycles. The zero-order chi connectivity index (χ0) is 18.2. The number of imidazole rings is 1. The van der Waals surface area contributed by atoms with Gasteiger partial charge in [-0.05, 0) is 45.7 Å². The minimum absolute atomic E-state index is 0.0744. The van der Waals surface area contributed by atoms with E-state index in [-0.39, 0.29) is 11.3 Å². The van der Waals surface area contributed by atoms with E-state index in [1.165, 1.54) is 12.5 Å². The van der Waals surface area contributed by atoms with E-state index >= 15 is 0 Å². The molecule has 0 saturated heterocycles. The molecule has 0 aliphatic carbocycles. The predicted octanol–water partition coefficient (Wildman–Crippen LogP) is 3.93. The minimum Gasteiger partial charge on any atom is -0.351 e. The van der Waals surface area contributed by atoms with Crippen molar-refractivity contribution in [3.8, 4) is 11.3 Å². The number of rotatable bonds is 3. The Bertz CT molecular complexity index is 923. The summed E-state index contributed by atoms with van der Waals surface area (Å²) >= 11 is 2.18. The third-order valence-electron chi connectivity index (χ3n) is 4.07. The highest BCUT2D eigenvalue weighted by Crippen LogP contribution is 2.28. The van der Waals surface area contributed by atoms with Crippen molar-refractivity contribution in [1.82, 2.24) is 19.9 Å². The molecule has 0 radical (unpaired) electrons. The maximum atomic E-state index is 11.4. The summed E-state index contributed by atoms with van der Waals surface area (Å²) in [5, 5.41) is 7.41. The fourth-order valence-corrected chi connectivity index (χ4v) is 3.08. The number of nitrogens with zero attached hydrogens (tertiary/aromatic N) is 3. The van der Waals surface area contributed by atoms with Gasteiger partial charge in [-0.15, -0.1) is 0 Å². The lowest BCUT2D eigenvalue weighted by molar-refractivity contribution is -0.119. The number of carbonyl (C=O) groups is 1. The molecule has 1 amide bonds. The Labute approximate surface area is 161 Å². The molecule has 0 unspecified atom stereocenters. The number of nitrogens with one attached hydrogen (secondary N) is 1. The van der Waals surface area contributed by atoms with Crippen molar-refractivity contribution in [1.29, 1.82) is 0 Å². The van der Waals surface area contributed by atoms with Crippen LogP contribution in [0.4, 0.5) is 0 Å². The van der Waals surface area contributed by atoms with Gasteiger partial charge in [0, 0.05) is 12.5 Å². The van der Waals surface area contributed by atoms with E-state index < -0.39 is 0 Å². The number of fused-ring (bicyclic) bond motifs is 1. The maximum Gasteiger partial charge on any atom is 0.217 e. The van der Waals surface area contributed by atoms with Crippen LogP contribution in [-0.4, -0.2) is 20.5 Å². The number of aromatic nitrogens is 3. The molecule has 0 aliphatic rings. The molecule has 0 bridgehead atoms. The molecular weight excluding hydrogens is 427 g/mol. The van der Waals surface area contributed by atoms with E-state index in [4.69, 9.17) is 4.98 Å². The van der Waals surface area contributed by atoms with Crippen LogP contribution >= 0.6 is 22.6 Å². The Hall–Kier alpha value is -1.96. The molecule has 3 aromatic rings. The van der Waals surface area contributed by atoms with Crippen LogP contribution in [0.2, 0.25) is 0 Å². The molecule has 2 aromatic heterocycles. The van der Waals surface area contributed by atoms with Gasteiger partial charge < -0.3 is 5.32 Å². The van der Waals surface area contributed by atoms with Crippen molar-refractivity contribution in [3.05, 3.63) is 51.4 Å². The van der Waals surface area contributed by atoms with E-state index in [9.17, 15) is 4.79 Å². The first-order valence-corrected chi connectivity index (χ1v) is 9.23. The number of hydrogen-bond acceptors (Lipinski definition) is 3. The minimum atomic E-state index is -0.0744. The van der Waals surface area contributed by atoms with Gasteiger partial charge in [-0.3, -0.25) is 4.79 Å². The van der Waals surface area contributed by atoms with Gasteiger partial charge in [-0.25, -0.2) is 9.50 Å². The summed E-state index contributed by atoms with van der Waals surface area (Å²) in [5.41, 5.74) is 4.91. The molecule has 0 fully saturated rings. The van der Waals surface area contributed by atoms with Gasteiger partial charge in [-0.1, -0.05) is 45.0 Å². The topological polar surface area (TPSA) is 59.3 Å². The van der Waals surface area contributed by atoms with Crippen LogP contribution in [-0.2, 0) is 16.8 Å². The van der Waals surface area contributed by atoms with Crippen molar-refractivity contribution in [3.63, 3.8) is 0 Å². The fourth-order valence-electron chi connectivity index (χ4n) is 2.68. The Balaban J connectivity index is 2.11. The summed E-state index contributed by atoms with van der Waals surface area (Å²) < 4.78 is 2.69. The monoisotopic (exact) mass is 448 g/mol. The maximum absolute atomic E-state index is 11.4. The largest absolute Gasteiger partial charge is 0.351 e. The van der Waals surface area contributed by atoms with Crippen molar-refractivity contribution < 1.29 is 4.79 Å². The molecule has 2 heterocycles. The average Bonchev–Trinajstić information content (AvgIpc) is 2.90. The summed E-state index contributed by atoms with van der Waals surface area (Å²) in [6.07, 6.45) is 0. The number of halogens is 1. The Morgan fingerprint density at radius 3 is 2.44 bits per heavy atom. The van der Waals surface area contributed by atoms with Gasteiger partial charge >= 0.3 is 0 Å². The molecular formula is C19H21IN4O. The van der Waals surface area contributed by atoms with Crippen LogP contribution in [0.15, 0.2) is 36.4 Å². The Kier molecular flexibility index (Phi) is 4.81. The predicted molar refractivity (Wildman–Crippen MR) is 107 cm³/mol. The van der Waals surface area contributed by atoms with Gasteiger partial charge in [0.25, 0.3) is 0 Å². The van der Waals surface area contributed by atoms with Crippen molar-refractivity contribution >= 4 is 34.1 Å². The van der Waals surface area contributed by atoms with Crippen LogP contribution in [0.3, 0.4) is 0 Å². The summed E-state index contributed by atoms with van der Waals surface area (Å²) in [7, 11) is 0. The normalized spacial score (nSPS) is 11.7. The van der Waals surface area contributed by atoms with Crippen molar-refractivity contribution in [2.24, 2.45) is 0 Å². The lowest BCUT2D eigenvalue weighted by Crippen LogP contribution is -2.20. The van der Waals surface area contributed by atoms with E-state index in [0.717, 1.165) is 26.3 Å². The highest BCUT2D eigenvalue weighted by molar-refractivity contribution is 14.1. The molecule has 0 spiro atoms. The first kappa shape index (κ1) is 17.8. The number of hydrogen-bond donors (Lipinski definition) is 1. The SMILES string of the molecule is CC(=O)NCc1c(-c2ccc(C(C)(C)C)cc2)nc2ccc(I)nn12. The van der Waals surface area contributed by atoms with Crippen LogP contribution in [0.1, 0.15) is 39.0 Å². The van der Waals surface area contributed by atoms with Crippen molar-refractivity contribution in [2.75, 3.05) is 0 Å². The Morgan fingerprint density at radius 2 is 1.84 bits per heavy atom. The summed E-state index contributed by atoms with van der Waals surface area (Å²) in [6, 6.07) is 12.3. The summed E-state index contributed by atoms with van der Waals surface area (Å²) in [4.78, 5) is 16.1. The zero-order valence-electron chi connectivity index (χ0n) is 14.8. The standard InChI is InChI=1S/C19H21IN4O/c1-12(25)21-11-15-18(22-17-10-9-16(20)23-24(15)17)13-5-7-14(8-6-13)19(2,3)4/h5-10H,11H2,1-4H3,(H,21,25). The molecule has 5 nitrogen and oxygen atoms in total. The lowest BCUT2D eigenvalue weighted by Gasteiger charge is -2.19. The van der Waals surface area contributed by atoms with Gasteiger partial charge in [0.05, 0.1) is 17.9 Å². The molecule has 0 atom stereocenters. The van der Waals surface area contributed by atoms with Crippen LogP contribution in [0.25, 0.3) is 16.9 Å². The van der Waals surface area contributed by atoms with E-state index in [1.54, 1.807) is 0 Å². The fraction of sp³-hybridized carbons (Fsp3) is 0.316.